The van der Waals surface area contributed by atoms with Gasteiger partial charge in [-0.2, -0.15) is 9.36 Å². The molecule has 0 aliphatic carbocycles. The Morgan fingerprint density at radius 1 is 1.22 bits per heavy atom. The van der Waals surface area contributed by atoms with E-state index in [1.807, 2.05) is 0 Å². The molecular formula is C20H14BrFN6O4. The average Bonchev–Trinajstić information content (AvgIpc) is 3.05. The SMILES string of the molecule is Cc1c(Br)c([N+](=O)[O-])nn1CC(=O)Nn1c(-c2ccc(F)cc2)nc2ccccc2c1=O. The lowest BCUT2D eigenvalue weighted by atomic mass is 10.2. The van der Waals surface area contributed by atoms with E-state index in [2.05, 4.69) is 31.4 Å². The molecule has 12 heteroatoms. The number of carbonyl (C=O) groups is 1. The van der Waals surface area contributed by atoms with Gasteiger partial charge < -0.3 is 10.1 Å². The number of benzene rings is 2. The van der Waals surface area contributed by atoms with Crippen LogP contribution < -0.4 is 11.0 Å². The second kappa shape index (κ2) is 8.30. The third-order valence-corrected chi connectivity index (χ3v) is 5.63. The summed E-state index contributed by atoms with van der Waals surface area (Å²) in [5.41, 5.74) is 3.13. The molecule has 162 valence electrons. The Morgan fingerprint density at radius 3 is 2.56 bits per heavy atom. The van der Waals surface area contributed by atoms with Gasteiger partial charge in [0.15, 0.2) is 5.82 Å². The van der Waals surface area contributed by atoms with Crippen LogP contribution in [-0.2, 0) is 11.3 Å². The lowest BCUT2D eigenvalue weighted by Gasteiger charge is -2.14. The fourth-order valence-electron chi connectivity index (χ4n) is 3.10. The molecule has 2 aromatic heterocycles. The highest BCUT2D eigenvalue weighted by Gasteiger charge is 2.25. The molecule has 0 bridgehead atoms. The second-order valence-corrected chi connectivity index (χ2v) is 7.57. The Labute approximate surface area is 187 Å². The number of carbonyl (C=O) groups excluding carboxylic acids is 1. The van der Waals surface area contributed by atoms with Gasteiger partial charge in [0, 0.05) is 5.56 Å². The Hall–Kier alpha value is -3.93. The van der Waals surface area contributed by atoms with Gasteiger partial charge in [0.05, 0.1) is 21.7 Å². The molecular weight excluding hydrogens is 487 g/mol. The van der Waals surface area contributed by atoms with E-state index < -0.39 is 28.0 Å². The first-order valence-corrected chi connectivity index (χ1v) is 10.0. The summed E-state index contributed by atoms with van der Waals surface area (Å²) in [6.45, 7) is 1.17. The van der Waals surface area contributed by atoms with Crippen LogP contribution in [0.3, 0.4) is 0 Å². The van der Waals surface area contributed by atoms with Crippen molar-refractivity contribution in [2.75, 3.05) is 5.43 Å². The highest BCUT2D eigenvalue weighted by atomic mass is 79.9. The van der Waals surface area contributed by atoms with Gasteiger partial charge in [-0.15, -0.1) is 0 Å². The number of hydrogen-bond donors (Lipinski definition) is 1. The molecule has 0 saturated heterocycles. The quantitative estimate of drug-likeness (QED) is 0.331. The first-order valence-electron chi connectivity index (χ1n) is 9.21. The fraction of sp³-hybridized carbons (Fsp3) is 0.100. The maximum Gasteiger partial charge on any atom is 0.404 e. The number of hydrogen-bond acceptors (Lipinski definition) is 6. The molecule has 0 radical (unpaired) electrons. The zero-order valence-corrected chi connectivity index (χ0v) is 18.0. The number of nitro groups is 1. The zero-order valence-electron chi connectivity index (χ0n) is 16.5. The van der Waals surface area contributed by atoms with Crippen LogP contribution in [0.2, 0.25) is 0 Å². The molecule has 10 nitrogen and oxygen atoms in total. The van der Waals surface area contributed by atoms with Crippen molar-refractivity contribution in [3.05, 3.63) is 85.0 Å². The summed E-state index contributed by atoms with van der Waals surface area (Å²) in [6, 6.07) is 11.9. The Balaban J connectivity index is 1.76. The number of amides is 1. The molecule has 0 aliphatic rings. The minimum absolute atomic E-state index is 0.103. The van der Waals surface area contributed by atoms with E-state index in [9.17, 15) is 24.1 Å². The molecule has 2 aromatic carbocycles. The summed E-state index contributed by atoms with van der Waals surface area (Å²) in [5, 5.41) is 15.2. The fourth-order valence-corrected chi connectivity index (χ4v) is 3.53. The molecule has 1 N–H and O–H groups in total. The summed E-state index contributed by atoms with van der Waals surface area (Å²) < 4.78 is 15.7. The van der Waals surface area contributed by atoms with E-state index in [4.69, 9.17) is 0 Å². The molecule has 0 atom stereocenters. The molecule has 0 unspecified atom stereocenters. The van der Waals surface area contributed by atoms with Crippen LogP contribution in [0.1, 0.15) is 5.69 Å². The summed E-state index contributed by atoms with van der Waals surface area (Å²) in [7, 11) is 0. The minimum atomic E-state index is -0.671. The Morgan fingerprint density at radius 2 is 1.91 bits per heavy atom. The van der Waals surface area contributed by atoms with Crippen LogP contribution >= 0.6 is 15.9 Å². The van der Waals surface area contributed by atoms with Crippen molar-refractivity contribution in [3.63, 3.8) is 0 Å². The lowest BCUT2D eigenvalue weighted by molar-refractivity contribution is -0.390. The number of para-hydroxylation sites is 1. The van der Waals surface area contributed by atoms with Crippen LogP contribution in [0.25, 0.3) is 22.3 Å². The van der Waals surface area contributed by atoms with Crippen LogP contribution in [0.4, 0.5) is 10.2 Å². The van der Waals surface area contributed by atoms with Gasteiger partial charge in [0.2, 0.25) is 0 Å². The number of fused-ring (bicyclic) bond motifs is 1. The third kappa shape index (κ3) is 3.87. The van der Waals surface area contributed by atoms with Gasteiger partial charge in [-0.25, -0.2) is 9.37 Å². The number of nitrogens with one attached hydrogen (secondary N) is 1. The molecule has 32 heavy (non-hydrogen) atoms. The van der Waals surface area contributed by atoms with Crippen LogP contribution in [0.15, 0.2) is 57.8 Å². The summed E-state index contributed by atoms with van der Waals surface area (Å²) in [5.74, 6) is -1.45. The van der Waals surface area contributed by atoms with Crippen molar-refractivity contribution in [2.24, 2.45) is 0 Å². The molecule has 0 fully saturated rings. The van der Waals surface area contributed by atoms with Crippen molar-refractivity contribution < 1.29 is 14.1 Å². The second-order valence-electron chi connectivity index (χ2n) is 6.77. The molecule has 0 spiro atoms. The normalized spacial score (nSPS) is 11.0. The van der Waals surface area contributed by atoms with E-state index in [1.165, 1.54) is 24.3 Å². The molecule has 4 aromatic rings. The standard InChI is InChI=1S/C20H14BrFN6O4/c1-11-17(21)19(28(31)32)25-26(11)10-16(29)24-27-18(12-6-8-13(22)9-7-12)23-15-5-3-2-4-14(15)20(27)30/h2-9H,10H2,1H3,(H,24,29). The van der Waals surface area contributed by atoms with E-state index >= 15 is 0 Å². The van der Waals surface area contributed by atoms with Crippen molar-refractivity contribution in [1.29, 1.82) is 0 Å². The van der Waals surface area contributed by atoms with Crippen LogP contribution in [0.5, 0.6) is 0 Å². The highest BCUT2D eigenvalue weighted by Crippen LogP contribution is 2.27. The third-order valence-electron chi connectivity index (χ3n) is 4.70. The zero-order chi connectivity index (χ0) is 23.0. The van der Waals surface area contributed by atoms with Gasteiger partial charge in [0.1, 0.15) is 16.8 Å². The predicted molar refractivity (Wildman–Crippen MR) is 117 cm³/mol. The predicted octanol–water partition coefficient (Wildman–Crippen LogP) is 3.15. The Kier molecular flexibility index (Phi) is 5.53. The largest absolute Gasteiger partial charge is 0.404 e. The van der Waals surface area contributed by atoms with Gasteiger partial charge in [-0.3, -0.25) is 15.0 Å². The molecule has 2 heterocycles. The summed E-state index contributed by atoms with van der Waals surface area (Å²) >= 11 is 3.09. The van der Waals surface area contributed by atoms with Gasteiger partial charge in [0.25, 0.3) is 11.5 Å². The first-order chi connectivity index (χ1) is 15.3. The van der Waals surface area contributed by atoms with Crippen molar-refractivity contribution >= 4 is 38.6 Å². The van der Waals surface area contributed by atoms with Gasteiger partial charge >= 0.3 is 5.82 Å². The number of rotatable bonds is 5. The van der Waals surface area contributed by atoms with E-state index in [0.29, 0.717) is 16.8 Å². The molecule has 0 aliphatic heterocycles. The lowest BCUT2D eigenvalue weighted by Crippen LogP contribution is -2.37. The smallest absolute Gasteiger partial charge is 0.358 e. The van der Waals surface area contributed by atoms with E-state index in [0.717, 1.165) is 9.36 Å². The average molecular weight is 501 g/mol. The highest BCUT2D eigenvalue weighted by molar-refractivity contribution is 9.10. The van der Waals surface area contributed by atoms with Crippen molar-refractivity contribution in [3.8, 4) is 11.4 Å². The molecule has 4 rings (SSSR count). The van der Waals surface area contributed by atoms with E-state index in [-0.39, 0.29) is 22.2 Å². The van der Waals surface area contributed by atoms with Crippen molar-refractivity contribution in [2.45, 2.75) is 13.5 Å². The van der Waals surface area contributed by atoms with Crippen molar-refractivity contribution in [1.82, 2.24) is 19.4 Å². The number of halogens is 2. The molecule has 1 amide bonds. The molecule has 0 saturated carbocycles. The van der Waals surface area contributed by atoms with Gasteiger partial charge in [-0.05, 0) is 64.2 Å². The van der Waals surface area contributed by atoms with Crippen LogP contribution in [0, 0.1) is 22.9 Å². The summed E-state index contributed by atoms with van der Waals surface area (Å²) in [4.78, 5) is 40.7. The maximum absolute atomic E-state index is 13.4. The number of nitrogens with zero attached hydrogens (tertiary/aromatic N) is 5. The van der Waals surface area contributed by atoms with Gasteiger partial charge in [-0.1, -0.05) is 12.1 Å². The Bertz CT molecular complexity index is 1430. The topological polar surface area (TPSA) is 125 Å². The van der Waals surface area contributed by atoms with Crippen LogP contribution in [-0.4, -0.2) is 30.3 Å². The summed E-state index contributed by atoms with van der Waals surface area (Å²) in [6.07, 6.45) is 0. The number of aromatic nitrogens is 4. The maximum atomic E-state index is 13.4. The van der Waals surface area contributed by atoms with E-state index in [1.54, 1.807) is 31.2 Å². The monoisotopic (exact) mass is 500 g/mol. The minimum Gasteiger partial charge on any atom is -0.358 e. The first kappa shape index (κ1) is 21.3.